The van der Waals surface area contributed by atoms with Crippen LogP contribution in [0, 0.1) is 11.9 Å². The van der Waals surface area contributed by atoms with Gasteiger partial charge in [0.2, 0.25) is 11.9 Å². The summed E-state index contributed by atoms with van der Waals surface area (Å²) in [4.78, 5) is 37.6. The maximum absolute atomic E-state index is 13.4. The fourth-order valence-corrected chi connectivity index (χ4v) is 1.93. The van der Waals surface area contributed by atoms with E-state index in [1.807, 2.05) is 0 Å². The number of carboxylic acids is 1. The Kier molecular flexibility index (Phi) is 6.96. The van der Waals surface area contributed by atoms with Crippen molar-refractivity contribution in [2.45, 2.75) is 51.7 Å². The first-order valence-corrected chi connectivity index (χ1v) is 7.57. The molecule has 2 N–H and O–H groups in total. The number of carboxylic acid groups (broad SMARTS) is 1. The van der Waals surface area contributed by atoms with Gasteiger partial charge >= 0.3 is 12.1 Å². The highest BCUT2D eigenvalue weighted by Gasteiger charge is 2.24. The number of nitrogens with one attached hydrogen (secondary N) is 1. The number of carbonyl (C=O) groups excluding carboxylic acids is 2. The molecule has 1 atom stereocenters. The minimum Gasteiger partial charge on any atom is -0.480 e. The number of ketones is 1. The Hall–Kier alpha value is -2.58. The first-order valence-electron chi connectivity index (χ1n) is 7.57. The number of aliphatic carboxylic acids is 1. The Labute approximate surface area is 143 Å². The van der Waals surface area contributed by atoms with Crippen molar-refractivity contribution < 1.29 is 33.0 Å². The summed E-state index contributed by atoms with van der Waals surface area (Å²) in [6.45, 7) is 4.89. The molecule has 0 fully saturated rings. The summed E-state index contributed by atoms with van der Waals surface area (Å²) >= 11 is 0. The number of pyridine rings is 1. The van der Waals surface area contributed by atoms with Crippen LogP contribution in [0.3, 0.4) is 0 Å². The molecule has 0 spiro atoms. The zero-order chi connectivity index (χ0) is 19.2. The quantitative estimate of drug-likeness (QED) is 0.573. The van der Waals surface area contributed by atoms with Crippen molar-refractivity contribution in [3.8, 4) is 0 Å². The summed E-state index contributed by atoms with van der Waals surface area (Å²) in [5.74, 6) is -4.17. The van der Waals surface area contributed by atoms with Crippen LogP contribution in [-0.2, 0) is 9.53 Å². The molecule has 138 valence electrons. The van der Waals surface area contributed by atoms with E-state index in [-0.39, 0.29) is 24.8 Å². The van der Waals surface area contributed by atoms with Crippen molar-refractivity contribution in [1.29, 1.82) is 0 Å². The SMILES string of the molecule is CC(C)(C)OC(=O)N[C@H](CCCC(=O)c1ccc(F)nc1F)C(=O)O. The number of amides is 1. The Morgan fingerprint density at radius 3 is 2.44 bits per heavy atom. The zero-order valence-electron chi connectivity index (χ0n) is 14.1. The summed E-state index contributed by atoms with van der Waals surface area (Å²) in [5, 5.41) is 11.3. The van der Waals surface area contributed by atoms with Gasteiger partial charge < -0.3 is 15.2 Å². The lowest BCUT2D eigenvalue weighted by molar-refractivity contribution is -0.139. The van der Waals surface area contributed by atoms with Crippen molar-refractivity contribution in [3.05, 3.63) is 29.6 Å². The van der Waals surface area contributed by atoms with Crippen LogP contribution in [0.25, 0.3) is 0 Å². The number of Topliss-reactive ketones (excluding diaryl/α,β-unsaturated/α-hetero) is 1. The van der Waals surface area contributed by atoms with Gasteiger partial charge in [-0.15, -0.1) is 0 Å². The lowest BCUT2D eigenvalue weighted by atomic mass is 10.0. The zero-order valence-corrected chi connectivity index (χ0v) is 14.1. The molecule has 7 nitrogen and oxygen atoms in total. The van der Waals surface area contributed by atoms with E-state index in [2.05, 4.69) is 10.3 Å². The molecule has 0 unspecified atom stereocenters. The third kappa shape index (κ3) is 7.23. The number of ether oxygens (including phenoxy) is 1. The van der Waals surface area contributed by atoms with Crippen LogP contribution in [0.5, 0.6) is 0 Å². The molecule has 25 heavy (non-hydrogen) atoms. The average molecular weight is 358 g/mol. The molecule has 0 aliphatic rings. The minimum absolute atomic E-state index is 0.0590. The monoisotopic (exact) mass is 358 g/mol. The molecule has 1 heterocycles. The number of aromatic nitrogens is 1. The summed E-state index contributed by atoms with van der Waals surface area (Å²) in [7, 11) is 0. The second kappa shape index (κ2) is 8.50. The predicted octanol–water partition coefficient (Wildman–Crippen LogP) is 2.69. The highest BCUT2D eigenvalue weighted by molar-refractivity contribution is 5.96. The maximum Gasteiger partial charge on any atom is 0.408 e. The number of carbonyl (C=O) groups is 3. The number of hydrogen-bond donors (Lipinski definition) is 2. The van der Waals surface area contributed by atoms with Gasteiger partial charge in [-0.2, -0.15) is 13.8 Å². The van der Waals surface area contributed by atoms with Gasteiger partial charge in [-0.1, -0.05) is 0 Å². The molecule has 0 aliphatic heterocycles. The van der Waals surface area contributed by atoms with Gasteiger partial charge in [0, 0.05) is 6.42 Å². The fraction of sp³-hybridized carbons (Fsp3) is 0.500. The van der Waals surface area contributed by atoms with Crippen molar-refractivity contribution >= 4 is 17.8 Å². The third-order valence-electron chi connectivity index (χ3n) is 3.00. The molecule has 9 heteroatoms. The molecule has 0 saturated heterocycles. The minimum atomic E-state index is -1.28. The Morgan fingerprint density at radius 1 is 1.28 bits per heavy atom. The van der Waals surface area contributed by atoms with E-state index in [4.69, 9.17) is 9.84 Å². The van der Waals surface area contributed by atoms with Crippen molar-refractivity contribution in [2.24, 2.45) is 0 Å². The van der Waals surface area contributed by atoms with Gasteiger partial charge in [0.1, 0.15) is 11.6 Å². The highest BCUT2D eigenvalue weighted by Crippen LogP contribution is 2.13. The van der Waals surface area contributed by atoms with Crippen LogP contribution in [0.2, 0.25) is 0 Å². The van der Waals surface area contributed by atoms with E-state index in [1.54, 1.807) is 20.8 Å². The molecule has 1 aromatic heterocycles. The van der Waals surface area contributed by atoms with Crippen LogP contribution in [0.1, 0.15) is 50.4 Å². The topological polar surface area (TPSA) is 106 Å². The van der Waals surface area contributed by atoms with Crippen molar-refractivity contribution in [2.75, 3.05) is 0 Å². The van der Waals surface area contributed by atoms with E-state index in [9.17, 15) is 23.2 Å². The second-order valence-corrected chi connectivity index (χ2v) is 6.32. The number of halogens is 2. The summed E-state index contributed by atoms with van der Waals surface area (Å²) < 4.78 is 31.1. The molecular weight excluding hydrogens is 338 g/mol. The average Bonchev–Trinajstić information content (AvgIpc) is 2.43. The largest absolute Gasteiger partial charge is 0.480 e. The van der Waals surface area contributed by atoms with E-state index < -0.39 is 41.4 Å². The molecule has 0 aliphatic carbocycles. The number of nitrogens with zero attached hydrogens (tertiary/aromatic N) is 1. The molecule has 0 bridgehead atoms. The van der Waals surface area contributed by atoms with E-state index in [1.165, 1.54) is 0 Å². The smallest absolute Gasteiger partial charge is 0.408 e. The fourth-order valence-electron chi connectivity index (χ4n) is 1.93. The van der Waals surface area contributed by atoms with E-state index in [0.717, 1.165) is 12.1 Å². The molecule has 0 radical (unpaired) electrons. The van der Waals surface area contributed by atoms with Gasteiger partial charge in [-0.05, 0) is 45.7 Å². The van der Waals surface area contributed by atoms with Gasteiger partial charge in [-0.3, -0.25) is 4.79 Å². The Morgan fingerprint density at radius 2 is 1.92 bits per heavy atom. The molecule has 0 saturated carbocycles. The molecule has 1 aromatic rings. The van der Waals surface area contributed by atoms with Gasteiger partial charge in [0.15, 0.2) is 5.78 Å². The predicted molar refractivity (Wildman–Crippen MR) is 83.1 cm³/mol. The lowest BCUT2D eigenvalue weighted by Gasteiger charge is -2.21. The highest BCUT2D eigenvalue weighted by atomic mass is 19.1. The van der Waals surface area contributed by atoms with Crippen LogP contribution in [0.4, 0.5) is 13.6 Å². The van der Waals surface area contributed by atoms with Crippen LogP contribution >= 0.6 is 0 Å². The van der Waals surface area contributed by atoms with Gasteiger partial charge in [0.25, 0.3) is 0 Å². The summed E-state index contributed by atoms with van der Waals surface area (Å²) in [5.41, 5.74) is -1.15. The Balaban J connectivity index is 2.56. The first-order chi connectivity index (χ1) is 11.5. The first kappa shape index (κ1) is 20.5. The third-order valence-corrected chi connectivity index (χ3v) is 3.00. The normalized spacial score (nSPS) is 12.4. The van der Waals surface area contributed by atoms with E-state index >= 15 is 0 Å². The van der Waals surface area contributed by atoms with Crippen molar-refractivity contribution in [1.82, 2.24) is 10.3 Å². The number of rotatable bonds is 7. The molecule has 0 aromatic carbocycles. The Bertz CT molecular complexity index is 658. The number of alkyl carbamates (subject to hydrolysis) is 1. The lowest BCUT2D eigenvalue weighted by Crippen LogP contribution is -2.43. The van der Waals surface area contributed by atoms with Crippen LogP contribution in [0.15, 0.2) is 12.1 Å². The molecular formula is C16H20F2N2O5. The molecule has 1 rings (SSSR count). The standard InChI is InChI=1S/C16H20F2N2O5/c1-16(2,3)25-15(24)19-10(14(22)23)5-4-6-11(21)9-7-8-12(17)20-13(9)18/h7-8,10H,4-6H2,1-3H3,(H,19,24)(H,22,23)/t10-/m1/s1. The maximum atomic E-state index is 13.4. The van der Waals surface area contributed by atoms with Crippen molar-refractivity contribution in [3.63, 3.8) is 0 Å². The molecule has 1 amide bonds. The van der Waals surface area contributed by atoms with Gasteiger partial charge in [-0.25, -0.2) is 9.59 Å². The van der Waals surface area contributed by atoms with Crippen LogP contribution in [-0.4, -0.2) is 39.6 Å². The summed E-state index contributed by atoms with van der Waals surface area (Å²) in [6.07, 6.45) is -1.05. The number of hydrogen-bond acceptors (Lipinski definition) is 5. The second-order valence-electron chi connectivity index (χ2n) is 6.32. The summed E-state index contributed by atoms with van der Waals surface area (Å²) in [6, 6.07) is 0.590. The van der Waals surface area contributed by atoms with Crippen LogP contribution < -0.4 is 5.32 Å². The van der Waals surface area contributed by atoms with E-state index in [0.29, 0.717) is 0 Å². The van der Waals surface area contributed by atoms with Gasteiger partial charge in [0.05, 0.1) is 5.56 Å².